The fourth-order valence-corrected chi connectivity index (χ4v) is 0.883. The monoisotopic (exact) mass is 150 g/mol. The Labute approximate surface area is 65.2 Å². The first-order valence-electron chi connectivity index (χ1n) is 3.40. The number of nitriles is 1. The van der Waals surface area contributed by atoms with Crippen molar-refractivity contribution in [1.82, 2.24) is 9.78 Å². The van der Waals surface area contributed by atoms with Crippen LogP contribution in [0.4, 0.5) is 5.69 Å². The minimum atomic E-state index is 0.182. The topological polar surface area (TPSA) is 67.6 Å². The third kappa shape index (κ3) is 1.17. The van der Waals surface area contributed by atoms with Crippen molar-refractivity contribution in [3.63, 3.8) is 0 Å². The highest BCUT2D eigenvalue weighted by Crippen LogP contribution is 2.13. The van der Waals surface area contributed by atoms with Crippen LogP contribution >= 0.6 is 0 Å². The second kappa shape index (κ2) is 2.62. The first-order valence-corrected chi connectivity index (χ1v) is 3.40. The minimum absolute atomic E-state index is 0.182. The summed E-state index contributed by atoms with van der Waals surface area (Å²) in [6.45, 7) is 3.90. The van der Waals surface area contributed by atoms with E-state index in [1.54, 1.807) is 4.68 Å². The van der Waals surface area contributed by atoms with Crippen molar-refractivity contribution in [2.45, 2.75) is 19.9 Å². The van der Waals surface area contributed by atoms with Gasteiger partial charge in [-0.15, -0.1) is 0 Å². The number of hydrogen-bond donors (Lipinski definition) is 1. The molecule has 1 aromatic heterocycles. The molecule has 2 N–H and O–H groups in total. The summed E-state index contributed by atoms with van der Waals surface area (Å²) in [6, 6.07) is 2.18. The molecule has 0 unspecified atom stereocenters. The number of anilines is 1. The van der Waals surface area contributed by atoms with Gasteiger partial charge in [-0.2, -0.15) is 10.4 Å². The van der Waals surface area contributed by atoms with Crippen molar-refractivity contribution in [1.29, 1.82) is 5.26 Å². The molecule has 0 radical (unpaired) electrons. The molecule has 0 spiro atoms. The molecule has 0 fully saturated rings. The zero-order valence-corrected chi connectivity index (χ0v) is 6.57. The Balaban J connectivity index is 3.19. The summed E-state index contributed by atoms with van der Waals surface area (Å²) in [4.78, 5) is 0. The first-order chi connectivity index (χ1) is 5.16. The molecule has 0 saturated heterocycles. The molecule has 0 atom stereocenters. The molecule has 0 aliphatic carbocycles. The van der Waals surface area contributed by atoms with E-state index in [1.165, 1.54) is 6.20 Å². The van der Waals surface area contributed by atoms with E-state index in [4.69, 9.17) is 11.0 Å². The number of nitrogens with two attached hydrogens (primary N) is 1. The van der Waals surface area contributed by atoms with E-state index >= 15 is 0 Å². The molecule has 58 valence electrons. The lowest BCUT2D eigenvalue weighted by atomic mass is 10.3. The second-order valence-corrected chi connectivity index (χ2v) is 2.60. The molecule has 0 amide bonds. The Kier molecular flexibility index (Phi) is 1.81. The molecule has 11 heavy (non-hydrogen) atoms. The molecular formula is C7H10N4. The molecule has 1 rings (SSSR count). The first kappa shape index (κ1) is 7.61. The summed E-state index contributed by atoms with van der Waals surface area (Å²) in [5, 5.41) is 12.6. The Hall–Kier alpha value is -1.50. The lowest BCUT2D eigenvalue weighted by Crippen LogP contribution is -2.05. The zero-order chi connectivity index (χ0) is 8.43. The fourth-order valence-electron chi connectivity index (χ4n) is 0.883. The van der Waals surface area contributed by atoms with Gasteiger partial charge in [0.1, 0.15) is 6.07 Å². The van der Waals surface area contributed by atoms with Crippen LogP contribution in [0.1, 0.15) is 25.6 Å². The molecule has 0 saturated carbocycles. The summed E-state index contributed by atoms with van der Waals surface area (Å²) in [7, 11) is 0. The molecular weight excluding hydrogens is 140 g/mol. The lowest BCUT2D eigenvalue weighted by molar-refractivity contribution is 0.527. The second-order valence-electron chi connectivity index (χ2n) is 2.60. The van der Waals surface area contributed by atoms with Gasteiger partial charge in [-0.1, -0.05) is 0 Å². The Morgan fingerprint density at radius 1 is 1.73 bits per heavy atom. The molecule has 0 aliphatic heterocycles. The van der Waals surface area contributed by atoms with E-state index in [-0.39, 0.29) is 6.04 Å². The molecule has 0 bridgehead atoms. The quantitative estimate of drug-likeness (QED) is 0.647. The number of nitrogen functional groups attached to an aromatic ring is 1. The van der Waals surface area contributed by atoms with Gasteiger partial charge in [0.15, 0.2) is 5.69 Å². The van der Waals surface area contributed by atoms with Gasteiger partial charge in [-0.3, -0.25) is 4.68 Å². The number of hydrogen-bond acceptors (Lipinski definition) is 3. The van der Waals surface area contributed by atoms with Crippen molar-refractivity contribution in [3.8, 4) is 6.07 Å². The van der Waals surface area contributed by atoms with Crippen molar-refractivity contribution >= 4 is 5.69 Å². The van der Waals surface area contributed by atoms with E-state index < -0.39 is 0 Å². The maximum absolute atomic E-state index is 8.65. The van der Waals surface area contributed by atoms with Crippen LogP contribution in [0.25, 0.3) is 0 Å². The predicted molar refractivity (Wildman–Crippen MR) is 41.7 cm³/mol. The van der Waals surface area contributed by atoms with E-state index in [2.05, 4.69) is 5.10 Å². The largest absolute Gasteiger partial charge is 0.395 e. The van der Waals surface area contributed by atoms with Crippen LogP contribution < -0.4 is 5.73 Å². The molecule has 4 heteroatoms. The predicted octanol–water partition coefficient (Wildman–Crippen LogP) is 0.918. The third-order valence-corrected chi connectivity index (χ3v) is 1.42. The maximum atomic E-state index is 8.65. The molecule has 1 heterocycles. The van der Waals surface area contributed by atoms with E-state index in [0.717, 1.165) is 0 Å². The Morgan fingerprint density at radius 3 is 2.73 bits per heavy atom. The Bertz CT molecular complexity index is 292. The van der Waals surface area contributed by atoms with Gasteiger partial charge in [-0.05, 0) is 13.8 Å². The van der Waals surface area contributed by atoms with Gasteiger partial charge < -0.3 is 5.73 Å². The summed E-state index contributed by atoms with van der Waals surface area (Å²) < 4.78 is 1.61. The van der Waals surface area contributed by atoms with Gasteiger partial charge in [0.2, 0.25) is 0 Å². The van der Waals surface area contributed by atoms with Crippen LogP contribution in [0.15, 0.2) is 6.20 Å². The molecule has 0 aromatic carbocycles. The molecule has 0 aliphatic rings. The van der Waals surface area contributed by atoms with E-state index in [0.29, 0.717) is 11.4 Å². The average Bonchev–Trinajstić information content (AvgIpc) is 2.30. The van der Waals surface area contributed by atoms with Crippen molar-refractivity contribution in [3.05, 3.63) is 11.9 Å². The van der Waals surface area contributed by atoms with Crippen LogP contribution in [0.5, 0.6) is 0 Å². The smallest absolute Gasteiger partial charge is 0.161 e. The van der Waals surface area contributed by atoms with Gasteiger partial charge in [0.05, 0.1) is 11.9 Å². The average molecular weight is 150 g/mol. The van der Waals surface area contributed by atoms with Crippen LogP contribution in [0.3, 0.4) is 0 Å². The van der Waals surface area contributed by atoms with Crippen LogP contribution in [0, 0.1) is 11.3 Å². The highest BCUT2D eigenvalue weighted by atomic mass is 15.3. The highest BCUT2D eigenvalue weighted by Gasteiger charge is 2.08. The maximum Gasteiger partial charge on any atom is 0.161 e. The summed E-state index contributed by atoms with van der Waals surface area (Å²) in [5.74, 6) is 0. The summed E-state index contributed by atoms with van der Waals surface area (Å²) >= 11 is 0. The minimum Gasteiger partial charge on any atom is -0.395 e. The van der Waals surface area contributed by atoms with Crippen LogP contribution in [-0.4, -0.2) is 9.78 Å². The number of rotatable bonds is 1. The molecule has 1 aromatic rings. The van der Waals surface area contributed by atoms with Crippen LogP contribution in [-0.2, 0) is 0 Å². The summed E-state index contributed by atoms with van der Waals surface area (Å²) in [6.07, 6.45) is 1.50. The number of aromatic nitrogens is 2. The van der Waals surface area contributed by atoms with Gasteiger partial charge in [0.25, 0.3) is 0 Å². The van der Waals surface area contributed by atoms with Crippen molar-refractivity contribution in [2.24, 2.45) is 0 Å². The molecule has 4 nitrogen and oxygen atoms in total. The lowest BCUT2D eigenvalue weighted by Gasteiger charge is -2.05. The van der Waals surface area contributed by atoms with Gasteiger partial charge in [-0.25, -0.2) is 0 Å². The SMILES string of the molecule is CC(C)n1ncc(N)c1C#N. The van der Waals surface area contributed by atoms with Crippen molar-refractivity contribution < 1.29 is 0 Å². The van der Waals surface area contributed by atoms with Crippen LogP contribution in [0.2, 0.25) is 0 Å². The fraction of sp³-hybridized carbons (Fsp3) is 0.429. The number of nitrogens with zero attached hydrogens (tertiary/aromatic N) is 3. The van der Waals surface area contributed by atoms with E-state index in [9.17, 15) is 0 Å². The van der Waals surface area contributed by atoms with Gasteiger partial charge in [0, 0.05) is 6.04 Å². The van der Waals surface area contributed by atoms with E-state index in [1.807, 2.05) is 19.9 Å². The zero-order valence-electron chi connectivity index (χ0n) is 6.57. The summed E-state index contributed by atoms with van der Waals surface area (Å²) in [5.41, 5.74) is 6.37. The van der Waals surface area contributed by atoms with Gasteiger partial charge >= 0.3 is 0 Å². The highest BCUT2D eigenvalue weighted by molar-refractivity contribution is 5.48. The standard InChI is InChI=1S/C7H10N4/c1-5(2)11-7(3-8)6(9)4-10-11/h4-5H,9H2,1-2H3. The normalized spacial score (nSPS) is 10.0. The Morgan fingerprint density at radius 2 is 2.36 bits per heavy atom. The third-order valence-electron chi connectivity index (χ3n) is 1.42. The van der Waals surface area contributed by atoms with Crippen molar-refractivity contribution in [2.75, 3.05) is 5.73 Å².